The Kier molecular flexibility index (Phi) is 5.46. The number of β-amino-alcohol motifs (C(OH)–C–C–N with tert-alkyl or cyclic N) is 1. The molecule has 0 bridgehead atoms. The first-order valence-electron chi connectivity index (χ1n) is 10.2. The average molecular weight is 383 g/mol. The van der Waals surface area contributed by atoms with Crippen molar-refractivity contribution in [1.82, 2.24) is 24.3 Å². The van der Waals surface area contributed by atoms with Crippen LogP contribution in [-0.4, -0.2) is 61.1 Å². The second-order valence-electron chi connectivity index (χ2n) is 8.14. The van der Waals surface area contributed by atoms with Gasteiger partial charge >= 0.3 is 0 Å². The molecule has 28 heavy (non-hydrogen) atoms. The molecule has 2 aliphatic rings. The van der Waals surface area contributed by atoms with Crippen LogP contribution in [0.5, 0.6) is 0 Å². The zero-order chi connectivity index (χ0) is 19.7. The molecular formula is C21H29N5O2. The molecule has 0 radical (unpaired) electrons. The molecule has 0 saturated carbocycles. The number of carbonyl (C=O) groups is 1. The van der Waals surface area contributed by atoms with Crippen molar-refractivity contribution >= 4 is 5.91 Å². The van der Waals surface area contributed by atoms with Crippen molar-refractivity contribution < 1.29 is 9.90 Å². The zero-order valence-electron chi connectivity index (χ0n) is 16.7. The number of carbonyl (C=O) groups excluding carboxylic acids is 1. The van der Waals surface area contributed by atoms with Gasteiger partial charge in [-0.3, -0.25) is 14.7 Å². The normalized spacial score (nSPS) is 23.1. The van der Waals surface area contributed by atoms with Gasteiger partial charge in [0.25, 0.3) is 0 Å². The lowest BCUT2D eigenvalue weighted by Crippen LogP contribution is -2.50. The van der Waals surface area contributed by atoms with Gasteiger partial charge in [0.15, 0.2) is 0 Å². The van der Waals surface area contributed by atoms with E-state index in [4.69, 9.17) is 0 Å². The fraction of sp³-hybridized carbons (Fsp3) is 0.571. The SMILES string of the molecule is CC(C)n1cnc2c1C(C(=O)N1CCCC(O)C1)N(Cc1cccnc1)CC2. The molecule has 2 aliphatic heterocycles. The van der Waals surface area contributed by atoms with Crippen LogP contribution in [0.2, 0.25) is 0 Å². The van der Waals surface area contributed by atoms with Crippen molar-refractivity contribution in [3.05, 3.63) is 47.8 Å². The Balaban J connectivity index is 1.69. The molecule has 7 heteroatoms. The smallest absolute Gasteiger partial charge is 0.246 e. The second-order valence-corrected chi connectivity index (χ2v) is 8.14. The van der Waals surface area contributed by atoms with Gasteiger partial charge in [-0.25, -0.2) is 4.98 Å². The number of hydrogen-bond donors (Lipinski definition) is 1. The number of aromatic nitrogens is 3. The zero-order valence-corrected chi connectivity index (χ0v) is 16.7. The number of nitrogens with zero attached hydrogens (tertiary/aromatic N) is 5. The molecule has 2 unspecified atom stereocenters. The standard InChI is InChI=1S/C21H29N5O2/c1-15(2)26-14-23-18-7-10-24(12-16-5-3-8-22-11-16)20(19(18)26)21(28)25-9-4-6-17(27)13-25/h3,5,8,11,14-15,17,20,27H,4,6-7,9-10,12-13H2,1-2H3. The van der Waals surface area contributed by atoms with E-state index in [1.807, 2.05) is 23.5 Å². The number of rotatable bonds is 4. The Morgan fingerprint density at radius 1 is 1.36 bits per heavy atom. The number of imidazole rings is 1. The number of pyridine rings is 1. The molecular weight excluding hydrogens is 354 g/mol. The van der Waals surface area contributed by atoms with Crippen LogP contribution >= 0.6 is 0 Å². The largest absolute Gasteiger partial charge is 0.391 e. The maximum absolute atomic E-state index is 13.7. The second kappa shape index (κ2) is 8.01. The number of aliphatic hydroxyl groups is 1. The summed E-state index contributed by atoms with van der Waals surface area (Å²) in [4.78, 5) is 26.6. The Bertz CT molecular complexity index is 819. The van der Waals surface area contributed by atoms with Gasteiger partial charge in [-0.2, -0.15) is 0 Å². The monoisotopic (exact) mass is 383 g/mol. The third-order valence-corrected chi connectivity index (χ3v) is 5.78. The fourth-order valence-electron chi connectivity index (χ4n) is 4.36. The number of fused-ring (bicyclic) bond motifs is 1. The van der Waals surface area contributed by atoms with Gasteiger partial charge < -0.3 is 14.6 Å². The Morgan fingerprint density at radius 2 is 2.21 bits per heavy atom. The summed E-state index contributed by atoms with van der Waals surface area (Å²) in [5.74, 6) is 0.0750. The lowest BCUT2D eigenvalue weighted by atomic mass is 9.98. The van der Waals surface area contributed by atoms with Crippen LogP contribution in [0.1, 0.15) is 55.7 Å². The van der Waals surface area contributed by atoms with Gasteiger partial charge in [-0.1, -0.05) is 6.07 Å². The molecule has 0 spiro atoms. The molecule has 2 aromatic rings. The van der Waals surface area contributed by atoms with E-state index in [1.54, 1.807) is 6.20 Å². The molecule has 1 amide bonds. The summed E-state index contributed by atoms with van der Waals surface area (Å²) < 4.78 is 2.13. The summed E-state index contributed by atoms with van der Waals surface area (Å²) in [6, 6.07) is 3.84. The van der Waals surface area contributed by atoms with Gasteiger partial charge in [-0.15, -0.1) is 0 Å². The highest BCUT2D eigenvalue weighted by molar-refractivity contribution is 5.83. The van der Waals surface area contributed by atoms with E-state index in [1.165, 1.54) is 0 Å². The first-order chi connectivity index (χ1) is 13.5. The predicted octanol–water partition coefficient (Wildman–Crippen LogP) is 1.94. The van der Waals surface area contributed by atoms with E-state index in [0.717, 1.165) is 42.8 Å². The maximum Gasteiger partial charge on any atom is 0.246 e. The topological polar surface area (TPSA) is 74.5 Å². The van der Waals surface area contributed by atoms with E-state index < -0.39 is 6.10 Å². The van der Waals surface area contributed by atoms with Crippen LogP contribution in [0.15, 0.2) is 30.9 Å². The van der Waals surface area contributed by atoms with Crippen molar-refractivity contribution in [1.29, 1.82) is 0 Å². The van der Waals surface area contributed by atoms with Crippen LogP contribution in [0.3, 0.4) is 0 Å². The third kappa shape index (κ3) is 3.69. The fourth-order valence-corrected chi connectivity index (χ4v) is 4.36. The molecule has 1 saturated heterocycles. The molecule has 7 nitrogen and oxygen atoms in total. The summed E-state index contributed by atoms with van der Waals surface area (Å²) in [6.07, 6.45) is 7.52. The van der Waals surface area contributed by atoms with Crippen molar-refractivity contribution in [3.63, 3.8) is 0 Å². The minimum Gasteiger partial charge on any atom is -0.391 e. The number of hydrogen-bond acceptors (Lipinski definition) is 5. The van der Waals surface area contributed by atoms with Crippen LogP contribution in [-0.2, 0) is 17.8 Å². The lowest BCUT2D eigenvalue weighted by Gasteiger charge is -2.40. The molecule has 150 valence electrons. The number of amides is 1. The summed E-state index contributed by atoms with van der Waals surface area (Å²) in [6.45, 7) is 6.81. The van der Waals surface area contributed by atoms with Gasteiger partial charge in [0.2, 0.25) is 5.91 Å². The van der Waals surface area contributed by atoms with Gasteiger partial charge in [0, 0.05) is 51.0 Å². The van der Waals surface area contributed by atoms with E-state index >= 15 is 0 Å². The number of piperidine rings is 1. The molecule has 1 fully saturated rings. The van der Waals surface area contributed by atoms with Crippen molar-refractivity contribution in [2.24, 2.45) is 0 Å². The summed E-state index contributed by atoms with van der Waals surface area (Å²) in [7, 11) is 0. The number of aliphatic hydroxyl groups excluding tert-OH is 1. The van der Waals surface area contributed by atoms with E-state index in [9.17, 15) is 9.90 Å². The van der Waals surface area contributed by atoms with Crippen LogP contribution < -0.4 is 0 Å². The molecule has 0 aliphatic carbocycles. The van der Waals surface area contributed by atoms with Gasteiger partial charge in [0.05, 0.1) is 23.8 Å². The third-order valence-electron chi connectivity index (χ3n) is 5.78. The van der Waals surface area contributed by atoms with Crippen LogP contribution in [0, 0.1) is 0 Å². The average Bonchev–Trinajstić information content (AvgIpc) is 3.12. The van der Waals surface area contributed by atoms with Crippen molar-refractivity contribution in [2.45, 2.75) is 57.8 Å². The number of likely N-dealkylation sites (tertiary alicyclic amines) is 1. The summed E-state index contributed by atoms with van der Waals surface area (Å²) in [5.41, 5.74) is 3.13. The molecule has 0 aromatic carbocycles. The Morgan fingerprint density at radius 3 is 2.93 bits per heavy atom. The Hall–Kier alpha value is -2.25. The van der Waals surface area contributed by atoms with Gasteiger partial charge in [-0.05, 0) is 38.3 Å². The van der Waals surface area contributed by atoms with Crippen LogP contribution in [0.25, 0.3) is 0 Å². The first kappa shape index (κ1) is 19.1. The maximum atomic E-state index is 13.7. The van der Waals surface area contributed by atoms with Crippen molar-refractivity contribution in [2.75, 3.05) is 19.6 Å². The molecule has 1 N–H and O–H groups in total. The highest BCUT2D eigenvalue weighted by Crippen LogP contribution is 2.34. The van der Waals surface area contributed by atoms with E-state index in [0.29, 0.717) is 19.6 Å². The lowest BCUT2D eigenvalue weighted by molar-refractivity contribution is -0.141. The summed E-state index contributed by atoms with van der Waals surface area (Å²) >= 11 is 0. The van der Waals surface area contributed by atoms with E-state index in [2.05, 4.69) is 39.3 Å². The highest BCUT2D eigenvalue weighted by atomic mass is 16.3. The molecule has 2 aromatic heterocycles. The first-order valence-corrected chi connectivity index (χ1v) is 10.2. The Labute approximate surface area is 166 Å². The van der Waals surface area contributed by atoms with E-state index in [-0.39, 0.29) is 18.0 Å². The quantitative estimate of drug-likeness (QED) is 0.873. The van der Waals surface area contributed by atoms with Crippen LogP contribution in [0.4, 0.5) is 0 Å². The minimum absolute atomic E-state index is 0.0750. The predicted molar refractivity (Wildman–Crippen MR) is 106 cm³/mol. The molecule has 2 atom stereocenters. The minimum atomic E-state index is -0.428. The van der Waals surface area contributed by atoms with Gasteiger partial charge in [0.1, 0.15) is 6.04 Å². The highest BCUT2D eigenvalue weighted by Gasteiger charge is 2.40. The molecule has 4 rings (SSSR count). The molecule has 4 heterocycles. The summed E-state index contributed by atoms with van der Waals surface area (Å²) in [5, 5.41) is 10.1. The van der Waals surface area contributed by atoms with Crippen molar-refractivity contribution in [3.8, 4) is 0 Å².